The van der Waals surface area contributed by atoms with Crippen LogP contribution in [0.4, 0.5) is 0 Å². The minimum atomic E-state index is -0.243. The van der Waals surface area contributed by atoms with E-state index in [2.05, 4.69) is 10.3 Å². The quantitative estimate of drug-likeness (QED) is 0.615. The maximum Gasteiger partial charge on any atom is 0.251 e. The molecule has 146 valence electrons. The highest BCUT2D eigenvalue weighted by Gasteiger charge is 2.16. The van der Waals surface area contributed by atoms with Gasteiger partial charge in [0.1, 0.15) is 23.9 Å². The Balaban J connectivity index is 1.68. The summed E-state index contributed by atoms with van der Waals surface area (Å²) in [6.45, 7) is 2.28. The van der Waals surface area contributed by atoms with E-state index in [1.165, 1.54) is 11.3 Å². The van der Waals surface area contributed by atoms with Gasteiger partial charge in [-0.2, -0.15) is 0 Å². The predicted molar refractivity (Wildman–Crippen MR) is 108 cm³/mol. The maximum absolute atomic E-state index is 12.7. The van der Waals surface area contributed by atoms with Gasteiger partial charge in [0.05, 0.1) is 31.5 Å². The van der Waals surface area contributed by atoms with Crippen LogP contribution in [-0.4, -0.2) is 25.1 Å². The first-order chi connectivity index (χ1) is 13.6. The van der Waals surface area contributed by atoms with Gasteiger partial charge in [0.25, 0.3) is 5.91 Å². The molecule has 3 aromatic rings. The first-order valence-corrected chi connectivity index (χ1v) is 9.67. The fourth-order valence-corrected chi connectivity index (χ4v) is 3.27. The van der Waals surface area contributed by atoms with Crippen LogP contribution >= 0.6 is 11.3 Å². The first-order valence-electron chi connectivity index (χ1n) is 8.73. The van der Waals surface area contributed by atoms with Crippen molar-refractivity contribution in [3.8, 4) is 17.2 Å². The Labute approximate surface area is 168 Å². The second-order valence-corrected chi connectivity index (χ2v) is 6.82. The largest absolute Gasteiger partial charge is 0.497 e. The van der Waals surface area contributed by atoms with Gasteiger partial charge in [0.2, 0.25) is 0 Å². The maximum atomic E-state index is 12.7. The monoisotopic (exact) mass is 398 g/mol. The Morgan fingerprint density at radius 1 is 1.14 bits per heavy atom. The highest BCUT2D eigenvalue weighted by Crippen LogP contribution is 2.29. The molecule has 0 spiro atoms. The summed E-state index contributed by atoms with van der Waals surface area (Å²) in [6.07, 6.45) is 0. The summed E-state index contributed by atoms with van der Waals surface area (Å²) in [4.78, 5) is 16.9. The second kappa shape index (κ2) is 9.23. The molecule has 6 nitrogen and oxygen atoms in total. The Kier molecular flexibility index (Phi) is 6.49. The molecule has 0 radical (unpaired) electrons. The van der Waals surface area contributed by atoms with Crippen molar-refractivity contribution in [2.45, 2.75) is 19.6 Å². The average Bonchev–Trinajstić information content (AvgIpc) is 3.25. The number of aromatic nitrogens is 1. The van der Waals surface area contributed by atoms with Crippen LogP contribution in [0.1, 0.15) is 34.6 Å². The van der Waals surface area contributed by atoms with Crippen molar-refractivity contribution < 1.29 is 19.0 Å². The van der Waals surface area contributed by atoms with Gasteiger partial charge in [-0.3, -0.25) is 4.79 Å². The number of carbonyl (C=O) groups is 1. The molecule has 1 amide bonds. The lowest BCUT2D eigenvalue weighted by molar-refractivity contribution is 0.0939. The zero-order valence-electron chi connectivity index (χ0n) is 16.0. The molecule has 0 aliphatic carbocycles. The van der Waals surface area contributed by atoms with Crippen molar-refractivity contribution in [3.63, 3.8) is 0 Å². The molecule has 1 heterocycles. The van der Waals surface area contributed by atoms with Gasteiger partial charge in [-0.05, 0) is 37.3 Å². The van der Waals surface area contributed by atoms with E-state index in [-0.39, 0.29) is 11.9 Å². The molecule has 0 bridgehead atoms. The number of carbonyl (C=O) groups excluding carboxylic acids is 1. The van der Waals surface area contributed by atoms with Gasteiger partial charge in [0.15, 0.2) is 0 Å². The number of amides is 1. The number of hydrogen-bond donors (Lipinski definition) is 1. The molecule has 0 fully saturated rings. The lowest BCUT2D eigenvalue weighted by Gasteiger charge is -2.18. The SMILES string of the molecule is COc1ccc(C(C)NC(=O)c2cccc(OCc3cscn3)c2)c(OC)c1. The van der Waals surface area contributed by atoms with Crippen LogP contribution < -0.4 is 19.5 Å². The number of nitrogens with zero attached hydrogens (tertiary/aromatic N) is 1. The fraction of sp³-hybridized carbons (Fsp3) is 0.238. The topological polar surface area (TPSA) is 69.7 Å². The van der Waals surface area contributed by atoms with E-state index < -0.39 is 0 Å². The third-order valence-electron chi connectivity index (χ3n) is 4.22. The number of methoxy groups -OCH3 is 2. The highest BCUT2D eigenvalue weighted by atomic mass is 32.1. The molecule has 2 aromatic carbocycles. The highest BCUT2D eigenvalue weighted by molar-refractivity contribution is 7.07. The van der Waals surface area contributed by atoms with Crippen molar-refractivity contribution in [2.75, 3.05) is 14.2 Å². The number of thiazole rings is 1. The number of nitrogens with one attached hydrogen (secondary N) is 1. The van der Waals surface area contributed by atoms with E-state index in [0.29, 0.717) is 29.4 Å². The molecule has 0 aliphatic heterocycles. The van der Waals surface area contributed by atoms with E-state index in [4.69, 9.17) is 14.2 Å². The normalized spacial score (nSPS) is 11.5. The molecular formula is C21H22N2O4S. The Bertz CT molecular complexity index is 928. The molecule has 7 heteroatoms. The molecule has 0 saturated heterocycles. The Morgan fingerprint density at radius 2 is 2.00 bits per heavy atom. The minimum absolute atomic E-state index is 0.190. The molecule has 0 saturated carbocycles. The summed E-state index contributed by atoms with van der Waals surface area (Å²) in [5.41, 5.74) is 4.01. The predicted octanol–water partition coefficient (Wildman–Crippen LogP) is 4.23. The van der Waals surface area contributed by atoms with E-state index in [0.717, 1.165) is 11.3 Å². The molecule has 1 aromatic heterocycles. The van der Waals surface area contributed by atoms with Gasteiger partial charge in [-0.25, -0.2) is 4.98 Å². The van der Waals surface area contributed by atoms with Crippen LogP contribution in [0, 0.1) is 0 Å². The fourth-order valence-electron chi connectivity index (χ4n) is 2.73. The third kappa shape index (κ3) is 4.80. The van der Waals surface area contributed by atoms with Crippen molar-refractivity contribution in [1.82, 2.24) is 10.3 Å². The average molecular weight is 398 g/mol. The van der Waals surface area contributed by atoms with Crippen LogP contribution in [0.3, 0.4) is 0 Å². The van der Waals surface area contributed by atoms with E-state index in [1.54, 1.807) is 44.0 Å². The standard InChI is InChI=1S/C21H22N2O4S/c1-14(19-8-7-17(25-2)10-20(19)26-3)23-21(24)15-5-4-6-18(9-15)27-11-16-12-28-13-22-16/h4-10,12-14H,11H2,1-3H3,(H,23,24). The van der Waals surface area contributed by atoms with Crippen LogP contribution in [0.5, 0.6) is 17.2 Å². The number of benzene rings is 2. The summed E-state index contributed by atoms with van der Waals surface area (Å²) >= 11 is 1.52. The van der Waals surface area contributed by atoms with Crippen LogP contribution in [0.25, 0.3) is 0 Å². The lowest BCUT2D eigenvalue weighted by atomic mass is 10.1. The zero-order valence-corrected chi connectivity index (χ0v) is 16.8. The lowest BCUT2D eigenvalue weighted by Crippen LogP contribution is -2.27. The van der Waals surface area contributed by atoms with Gasteiger partial charge in [-0.15, -0.1) is 11.3 Å². The molecule has 28 heavy (non-hydrogen) atoms. The van der Waals surface area contributed by atoms with Gasteiger partial charge in [-0.1, -0.05) is 6.07 Å². The van der Waals surface area contributed by atoms with Crippen molar-refractivity contribution in [2.24, 2.45) is 0 Å². The second-order valence-electron chi connectivity index (χ2n) is 6.10. The van der Waals surface area contributed by atoms with Crippen LogP contribution in [0.15, 0.2) is 53.4 Å². The van der Waals surface area contributed by atoms with E-state index in [9.17, 15) is 4.79 Å². The zero-order chi connectivity index (χ0) is 19.9. The number of ether oxygens (including phenoxy) is 3. The molecular weight excluding hydrogens is 376 g/mol. The van der Waals surface area contributed by atoms with Gasteiger partial charge < -0.3 is 19.5 Å². The van der Waals surface area contributed by atoms with Crippen molar-refractivity contribution in [1.29, 1.82) is 0 Å². The molecule has 0 aliphatic rings. The van der Waals surface area contributed by atoms with Crippen molar-refractivity contribution in [3.05, 3.63) is 70.2 Å². The number of rotatable bonds is 8. The van der Waals surface area contributed by atoms with Gasteiger partial charge in [0, 0.05) is 22.6 Å². The smallest absolute Gasteiger partial charge is 0.251 e. The van der Waals surface area contributed by atoms with Crippen LogP contribution in [-0.2, 0) is 6.61 Å². The minimum Gasteiger partial charge on any atom is -0.497 e. The molecule has 3 rings (SSSR count). The summed E-state index contributed by atoms with van der Waals surface area (Å²) < 4.78 is 16.4. The molecule has 1 unspecified atom stereocenters. The van der Waals surface area contributed by atoms with Crippen molar-refractivity contribution >= 4 is 17.2 Å². The van der Waals surface area contributed by atoms with E-state index in [1.807, 2.05) is 30.5 Å². The number of hydrogen-bond acceptors (Lipinski definition) is 6. The molecule has 1 atom stereocenters. The first kappa shape index (κ1) is 19.7. The summed E-state index contributed by atoms with van der Waals surface area (Å²) in [7, 11) is 3.19. The third-order valence-corrected chi connectivity index (χ3v) is 4.86. The summed E-state index contributed by atoms with van der Waals surface area (Å²) in [6, 6.07) is 12.4. The van der Waals surface area contributed by atoms with Gasteiger partial charge >= 0.3 is 0 Å². The summed E-state index contributed by atoms with van der Waals surface area (Å²) in [5.74, 6) is 1.79. The summed E-state index contributed by atoms with van der Waals surface area (Å²) in [5, 5.41) is 4.93. The Morgan fingerprint density at radius 3 is 2.71 bits per heavy atom. The van der Waals surface area contributed by atoms with Crippen LogP contribution in [0.2, 0.25) is 0 Å². The molecule has 1 N–H and O–H groups in total. The Hall–Kier alpha value is -3.06. The van der Waals surface area contributed by atoms with E-state index >= 15 is 0 Å².